The van der Waals surface area contributed by atoms with Crippen LogP contribution in [0.15, 0.2) is 89.8 Å². The van der Waals surface area contributed by atoms with Crippen molar-refractivity contribution in [3.63, 3.8) is 0 Å². The van der Waals surface area contributed by atoms with E-state index in [-0.39, 0.29) is 17.5 Å². The second kappa shape index (κ2) is 36.9. The molecule has 1 atom stereocenters. The molecule has 0 saturated heterocycles. The molecule has 0 aliphatic carbocycles. The monoisotopic (exact) mass is 952 g/mol. The molecule has 1 unspecified atom stereocenters. The van der Waals surface area contributed by atoms with Crippen LogP contribution in [0.2, 0.25) is 0 Å². The summed E-state index contributed by atoms with van der Waals surface area (Å²) in [5.74, 6) is 1.36. The van der Waals surface area contributed by atoms with Gasteiger partial charge in [-0.15, -0.1) is 0 Å². The normalized spacial score (nSPS) is 15.1. The summed E-state index contributed by atoms with van der Waals surface area (Å²) in [4.78, 5) is 27.9. The lowest BCUT2D eigenvalue weighted by Crippen LogP contribution is -2.40. The number of hydrogen-bond acceptors (Lipinski definition) is 6. The Kier molecular flexibility index (Phi) is 31.7. The smallest absolute Gasteiger partial charge is 0.311 e. The highest BCUT2D eigenvalue weighted by Crippen LogP contribution is 2.40. The summed E-state index contributed by atoms with van der Waals surface area (Å²) in [5.41, 5.74) is 6.29. The number of fused-ring (bicyclic) bond motifs is 1. The van der Waals surface area contributed by atoms with Crippen molar-refractivity contribution >= 4 is 11.9 Å². The molecule has 0 fully saturated rings. The van der Waals surface area contributed by atoms with E-state index in [1.54, 1.807) is 0 Å². The summed E-state index contributed by atoms with van der Waals surface area (Å²) in [6, 6.07) is 10.2. The maximum atomic E-state index is 13.0. The highest BCUT2D eigenvalue weighted by atomic mass is 16.5. The molecule has 7 nitrogen and oxygen atoms in total. The van der Waals surface area contributed by atoms with Crippen molar-refractivity contribution in [2.24, 2.45) is 0 Å². The first-order valence-corrected chi connectivity index (χ1v) is 27.9. The minimum atomic E-state index is -0.206. The topological polar surface area (TPSA) is 69.0 Å². The molecule has 3 rings (SSSR count). The van der Waals surface area contributed by atoms with E-state index >= 15 is 0 Å². The molecule has 2 heterocycles. The van der Waals surface area contributed by atoms with Crippen LogP contribution in [0.4, 0.5) is 0 Å². The average Bonchev–Trinajstić information content (AvgIpc) is 3.32. The Labute approximate surface area is 422 Å². The number of carbonyl (C=O) groups is 2. The quantitative estimate of drug-likeness (QED) is 0.0219. The van der Waals surface area contributed by atoms with Gasteiger partial charge < -0.3 is 14.2 Å². The predicted molar refractivity (Wildman–Crippen MR) is 290 cm³/mol. The van der Waals surface area contributed by atoms with E-state index in [2.05, 4.69) is 113 Å². The van der Waals surface area contributed by atoms with Crippen LogP contribution in [0.5, 0.6) is 11.5 Å². The standard InChI is InChI=1S/C62H99N2O5/c1-8-9-10-11-12-13-14-15-16-17-18-19-20-21-24-39-59(65)67-50-30-29-47-64(49-48-63-45-27-23-28-46-63)44-26-22-25-40-60(66)68-58-51-56(6)61-57(52-58)41-43-62(7,69-61)42-33-38-55(5)37-32-36-54(4)35-31-34-53(2)3/h15-16,23,27-28,34,36,38,45-46,51-52H,8-14,17-22,24-26,29-33,35,37,39-44,47-50H2,1-7H3/q+1/b16-15+,54-36+,55-38+. The van der Waals surface area contributed by atoms with Crippen LogP contribution < -0.4 is 14.0 Å². The number of benzene rings is 1. The lowest BCUT2D eigenvalue weighted by Gasteiger charge is -2.37. The first-order chi connectivity index (χ1) is 33.5. The number of rotatable bonds is 39. The number of carbonyl (C=O) groups excluding carboxylic acids is 2. The van der Waals surface area contributed by atoms with Crippen LogP contribution in [0.3, 0.4) is 0 Å². The van der Waals surface area contributed by atoms with Crippen molar-refractivity contribution in [3.8, 4) is 11.5 Å². The summed E-state index contributed by atoms with van der Waals surface area (Å²) in [7, 11) is 0. The molecule has 1 aromatic heterocycles. The molecular formula is C62H99N2O5+. The third kappa shape index (κ3) is 29.1. The van der Waals surface area contributed by atoms with Gasteiger partial charge in [-0.3, -0.25) is 14.5 Å². The van der Waals surface area contributed by atoms with Gasteiger partial charge in [0.1, 0.15) is 17.1 Å². The largest absolute Gasteiger partial charge is 0.487 e. The summed E-state index contributed by atoms with van der Waals surface area (Å²) in [6.07, 6.45) is 46.3. The number of hydrogen-bond donors (Lipinski definition) is 0. The average molecular weight is 952 g/mol. The molecular weight excluding hydrogens is 853 g/mol. The fourth-order valence-corrected chi connectivity index (χ4v) is 9.21. The molecule has 1 aromatic carbocycles. The van der Waals surface area contributed by atoms with Gasteiger partial charge in [0.15, 0.2) is 18.9 Å². The summed E-state index contributed by atoms with van der Waals surface area (Å²) >= 11 is 0. The number of unbranched alkanes of at least 4 members (excludes halogenated alkanes) is 14. The molecule has 386 valence electrons. The summed E-state index contributed by atoms with van der Waals surface area (Å²) < 4.78 is 20.4. The van der Waals surface area contributed by atoms with E-state index in [1.807, 2.05) is 18.2 Å². The minimum Gasteiger partial charge on any atom is -0.487 e. The fraction of sp³-hybridized carbons (Fsp3) is 0.661. The number of ether oxygens (including phenoxy) is 3. The zero-order valence-corrected chi connectivity index (χ0v) is 45.2. The Morgan fingerprint density at radius 2 is 1.26 bits per heavy atom. The Bertz CT molecular complexity index is 1820. The number of esters is 2. The lowest BCUT2D eigenvalue weighted by atomic mass is 9.87. The van der Waals surface area contributed by atoms with E-state index < -0.39 is 0 Å². The van der Waals surface area contributed by atoms with E-state index in [0.29, 0.717) is 25.2 Å². The third-order valence-corrected chi connectivity index (χ3v) is 13.7. The van der Waals surface area contributed by atoms with E-state index in [1.165, 1.54) is 87.3 Å². The molecule has 0 spiro atoms. The molecule has 0 N–H and O–H groups in total. The van der Waals surface area contributed by atoms with Crippen molar-refractivity contribution in [2.75, 3.05) is 26.2 Å². The van der Waals surface area contributed by atoms with Crippen molar-refractivity contribution in [3.05, 3.63) is 101 Å². The molecule has 1 aliphatic rings. The van der Waals surface area contributed by atoms with Gasteiger partial charge >= 0.3 is 11.9 Å². The van der Waals surface area contributed by atoms with Gasteiger partial charge in [-0.1, -0.05) is 118 Å². The highest BCUT2D eigenvalue weighted by Gasteiger charge is 2.32. The van der Waals surface area contributed by atoms with Gasteiger partial charge in [0, 0.05) is 25.0 Å². The second-order valence-corrected chi connectivity index (χ2v) is 20.8. The number of aromatic nitrogens is 1. The van der Waals surface area contributed by atoms with Crippen LogP contribution in [0, 0.1) is 6.92 Å². The second-order valence-electron chi connectivity index (χ2n) is 20.8. The zero-order chi connectivity index (χ0) is 49.8. The zero-order valence-electron chi connectivity index (χ0n) is 45.2. The maximum Gasteiger partial charge on any atom is 0.311 e. The van der Waals surface area contributed by atoms with Gasteiger partial charge in [0.2, 0.25) is 0 Å². The number of pyridine rings is 1. The first kappa shape index (κ1) is 59.3. The van der Waals surface area contributed by atoms with Gasteiger partial charge in [-0.05, 0) is 187 Å². The minimum absolute atomic E-state index is 0.0531. The lowest BCUT2D eigenvalue weighted by molar-refractivity contribution is -0.696. The molecule has 0 radical (unpaired) electrons. The molecule has 2 aromatic rings. The molecule has 0 saturated carbocycles. The highest BCUT2D eigenvalue weighted by molar-refractivity contribution is 5.72. The van der Waals surface area contributed by atoms with Crippen molar-refractivity contribution < 1.29 is 28.4 Å². The van der Waals surface area contributed by atoms with Gasteiger partial charge in [0.25, 0.3) is 0 Å². The van der Waals surface area contributed by atoms with E-state index in [9.17, 15) is 9.59 Å². The molecule has 1 aliphatic heterocycles. The number of aryl methyl sites for hydroxylation is 2. The Balaban J connectivity index is 1.29. The Morgan fingerprint density at radius 3 is 1.94 bits per heavy atom. The maximum absolute atomic E-state index is 13.0. The predicted octanol–water partition coefficient (Wildman–Crippen LogP) is 16.4. The fourth-order valence-electron chi connectivity index (χ4n) is 9.21. The summed E-state index contributed by atoms with van der Waals surface area (Å²) in [5, 5.41) is 0. The molecule has 0 amide bonds. The molecule has 69 heavy (non-hydrogen) atoms. The molecule has 0 bridgehead atoms. The van der Waals surface area contributed by atoms with Crippen LogP contribution in [0.1, 0.15) is 226 Å². The van der Waals surface area contributed by atoms with Crippen molar-refractivity contribution in [2.45, 2.75) is 240 Å². The van der Waals surface area contributed by atoms with Crippen LogP contribution in [-0.4, -0.2) is 48.7 Å². The van der Waals surface area contributed by atoms with Crippen LogP contribution in [0.25, 0.3) is 0 Å². The number of allylic oxidation sites excluding steroid dienone is 8. The Hall–Kier alpha value is -3.97. The van der Waals surface area contributed by atoms with Crippen molar-refractivity contribution in [1.29, 1.82) is 0 Å². The number of nitrogens with zero attached hydrogens (tertiary/aromatic N) is 2. The van der Waals surface area contributed by atoms with Gasteiger partial charge in [-0.2, -0.15) is 0 Å². The van der Waals surface area contributed by atoms with E-state index in [4.69, 9.17) is 14.2 Å². The summed E-state index contributed by atoms with van der Waals surface area (Å²) in [6.45, 7) is 19.7. The molecule has 7 heteroatoms. The first-order valence-electron chi connectivity index (χ1n) is 27.9. The SMILES string of the molecule is CCCCCCCC/C=C/CCCCCCCC(=O)OCCCCN(CCCCCC(=O)Oc1cc(C)c2c(c1)CCC(C)(CC/C=C(\C)CC/C=C(\C)CCC=C(C)C)O2)CC[n+]1ccccc1. The van der Waals surface area contributed by atoms with Crippen LogP contribution in [-0.2, 0) is 27.3 Å². The Morgan fingerprint density at radius 1 is 0.667 bits per heavy atom. The van der Waals surface area contributed by atoms with Gasteiger partial charge in [0.05, 0.1) is 13.2 Å². The van der Waals surface area contributed by atoms with E-state index in [0.717, 1.165) is 139 Å². The van der Waals surface area contributed by atoms with Gasteiger partial charge in [-0.25, -0.2) is 4.57 Å². The van der Waals surface area contributed by atoms with Crippen molar-refractivity contribution in [1.82, 2.24) is 4.90 Å². The third-order valence-electron chi connectivity index (χ3n) is 13.7. The van der Waals surface area contributed by atoms with Crippen LogP contribution >= 0.6 is 0 Å².